The second-order valence-electron chi connectivity index (χ2n) is 3.54. The lowest BCUT2D eigenvalue weighted by Crippen LogP contribution is -2.08. The Hall–Kier alpha value is -2.70. The van der Waals surface area contributed by atoms with Crippen molar-refractivity contribution in [3.8, 4) is 0 Å². The standard InChI is InChI=1S/C11H7NO6/c13-9(8-5-18-11(15)10(8)14)6-2-1-3-7(4-6)12(16)17/h1-4,13H,5H2/b9-8-. The Kier molecular flexibility index (Phi) is 2.80. The van der Waals surface area contributed by atoms with E-state index in [2.05, 4.69) is 4.74 Å². The Labute approximate surface area is 100 Å². The molecule has 0 amide bonds. The van der Waals surface area contributed by atoms with Gasteiger partial charge in [0.1, 0.15) is 12.4 Å². The number of esters is 1. The zero-order chi connectivity index (χ0) is 13.3. The SMILES string of the molecule is O=C1OC/C(=C(/O)c2cccc([N+](=O)[O-])c2)C1=O. The Morgan fingerprint density at radius 2 is 2.11 bits per heavy atom. The third kappa shape index (κ3) is 1.93. The van der Waals surface area contributed by atoms with E-state index in [9.17, 15) is 24.8 Å². The maximum Gasteiger partial charge on any atom is 0.379 e. The highest BCUT2D eigenvalue weighted by atomic mass is 16.6. The molecule has 0 saturated carbocycles. The highest BCUT2D eigenvalue weighted by Crippen LogP contribution is 2.23. The molecule has 1 aromatic rings. The lowest BCUT2D eigenvalue weighted by Gasteiger charge is -2.01. The number of hydrogen-bond donors (Lipinski definition) is 1. The fourth-order valence-electron chi connectivity index (χ4n) is 1.51. The number of Topliss-reactive ketones (excluding diaryl/α,β-unsaturated/α-hetero) is 1. The monoisotopic (exact) mass is 249 g/mol. The van der Waals surface area contributed by atoms with Crippen molar-refractivity contribution in [3.63, 3.8) is 0 Å². The first-order valence-corrected chi connectivity index (χ1v) is 4.89. The first kappa shape index (κ1) is 11.8. The number of cyclic esters (lactones) is 1. The van der Waals surface area contributed by atoms with Crippen LogP contribution in [0, 0.1) is 10.1 Å². The van der Waals surface area contributed by atoms with Gasteiger partial charge in [0.2, 0.25) is 0 Å². The lowest BCUT2D eigenvalue weighted by atomic mass is 10.1. The molecule has 92 valence electrons. The second-order valence-corrected chi connectivity index (χ2v) is 3.54. The Balaban J connectivity index is 2.46. The molecule has 0 radical (unpaired) electrons. The van der Waals surface area contributed by atoms with Gasteiger partial charge in [0, 0.05) is 17.7 Å². The number of benzene rings is 1. The van der Waals surface area contributed by atoms with Crippen LogP contribution < -0.4 is 0 Å². The molecule has 7 nitrogen and oxygen atoms in total. The minimum Gasteiger partial charge on any atom is -0.507 e. The summed E-state index contributed by atoms with van der Waals surface area (Å²) in [5.74, 6) is -2.45. The summed E-state index contributed by atoms with van der Waals surface area (Å²) in [6.45, 7) is -0.327. The fourth-order valence-corrected chi connectivity index (χ4v) is 1.51. The molecule has 18 heavy (non-hydrogen) atoms. The summed E-state index contributed by atoms with van der Waals surface area (Å²) in [7, 11) is 0. The van der Waals surface area contributed by atoms with Gasteiger partial charge in [0.15, 0.2) is 0 Å². The number of nitro groups is 1. The van der Waals surface area contributed by atoms with Crippen LogP contribution in [-0.4, -0.2) is 28.4 Å². The van der Waals surface area contributed by atoms with E-state index in [0.29, 0.717) is 0 Å². The number of non-ortho nitro benzene ring substituents is 1. The van der Waals surface area contributed by atoms with Crippen molar-refractivity contribution in [2.24, 2.45) is 0 Å². The molecule has 1 aliphatic heterocycles. The van der Waals surface area contributed by atoms with Crippen molar-refractivity contribution in [1.29, 1.82) is 0 Å². The van der Waals surface area contributed by atoms with Gasteiger partial charge in [0.05, 0.1) is 10.5 Å². The van der Waals surface area contributed by atoms with Crippen molar-refractivity contribution < 1.29 is 24.4 Å². The molecule has 1 saturated heterocycles. The van der Waals surface area contributed by atoms with E-state index in [0.717, 1.165) is 6.07 Å². The molecule has 1 fully saturated rings. The predicted octanol–water partition coefficient (Wildman–Crippen LogP) is 0.990. The van der Waals surface area contributed by atoms with Crippen LogP contribution in [0.1, 0.15) is 5.56 Å². The molecule has 0 aromatic heterocycles. The number of nitrogens with zero attached hydrogens (tertiary/aromatic N) is 1. The minimum absolute atomic E-state index is 0.0888. The summed E-state index contributed by atoms with van der Waals surface area (Å²) in [4.78, 5) is 32.1. The van der Waals surface area contributed by atoms with E-state index < -0.39 is 22.4 Å². The topological polar surface area (TPSA) is 107 Å². The van der Waals surface area contributed by atoms with Gasteiger partial charge in [-0.15, -0.1) is 0 Å². The number of ketones is 1. The Morgan fingerprint density at radius 1 is 1.39 bits per heavy atom. The molecular formula is C11H7NO6. The Morgan fingerprint density at radius 3 is 2.67 bits per heavy atom. The Bertz CT molecular complexity index is 589. The van der Waals surface area contributed by atoms with E-state index in [-0.39, 0.29) is 23.4 Å². The molecule has 1 heterocycles. The molecule has 0 unspecified atom stereocenters. The zero-order valence-corrected chi connectivity index (χ0v) is 8.95. The molecule has 1 N–H and O–H groups in total. The summed E-state index contributed by atoms with van der Waals surface area (Å²) < 4.78 is 4.46. The van der Waals surface area contributed by atoms with Gasteiger partial charge < -0.3 is 9.84 Å². The highest BCUT2D eigenvalue weighted by Gasteiger charge is 2.32. The maximum absolute atomic E-state index is 11.3. The fraction of sp³-hybridized carbons (Fsp3) is 0.0909. The van der Waals surface area contributed by atoms with Crippen LogP contribution in [-0.2, 0) is 14.3 Å². The van der Waals surface area contributed by atoms with Crippen molar-refractivity contribution in [2.75, 3.05) is 6.61 Å². The summed E-state index contributed by atoms with van der Waals surface area (Å²) in [5.41, 5.74) is -0.330. The van der Waals surface area contributed by atoms with Gasteiger partial charge in [-0.3, -0.25) is 14.9 Å². The molecule has 0 atom stereocenters. The first-order chi connectivity index (χ1) is 8.50. The van der Waals surface area contributed by atoms with Crippen molar-refractivity contribution in [1.82, 2.24) is 0 Å². The minimum atomic E-state index is -1.04. The van der Waals surface area contributed by atoms with Gasteiger partial charge in [-0.1, -0.05) is 12.1 Å². The van der Waals surface area contributed by atoms with Crippen molar-refractivity contribution in [3.05, 3.63) is 45.5 Å². The molecule has 0 spiro atoms. The van der Waals surface area contributed by atoms with Gasteiger partial charge in [0.25, 0.3) is 11.5 Å². The molecule has 1 aliphatic rings. The maximum atomic E-state index is 11.3. The largest absolute Gasteiger partial charge is 0.507 e. The first-order valence-electron chi connectivity index (χ1n) is 4.89. The third-order valence-electron chi connectivity index (χ3n) is 2.42. The van der Waals surface area contributed by atoms with Gasteiger partial charge in [-0.05, 0) is 0 Å². The molecule has 0 aliphatic carbocycles. The van der Waals surface area contributed by atoms with Crippen LogP contribution in [0.4, 0.5) is 5.69 Å². The normalized spacial score (nSPS) is 17.6. The van der Waals surface area contributed by atoms with Gasteiger partial charge >= 0.3 is 5.97 Å². The predicted molar refractivity (Wildman–Crippen MR) is 58.6 cm³/mol. The second kappa shape index (κ2) is 4.28. The van der Waals surface area contributed by atoms with Crippen LogP contribution in [0.2, 0.25) is 0 Å². The average Bonchev–Trinajstić information content (AvgIpc) is 2.69. The van der Waals surface area contributed by atoms with Crippen molar-refractivity contribution in [2.45, 2.75) is 0 Å². The molecule has 7 heteroatoms. The molecule has 2 rings (SSSR count). The number of hydrogen-bond acceptors (Lipinski definition) is 6. The summed E-state index contributed by atoms with van der Waals surface area (Å²) in [6.07, 6.45) is 0. The van der Waals surface area contributed by atoms with Crippen LogP contribution in [0.3, 0.4) is 0 Å². The molecule has 1 aromatic carbocycles. The summed E-state index contributed by atoms with van der Waals surface area (Å²) >= 11 is 0. The summed E-state index contributed by atoms with van der Waals surface area (Å²) in [5, 5.41) is 20.4. The number of carbonyl (C=O) groups is 2. The van der Waals surface area contributed by atoms with E-state index >= 15 is 0 Å². The van der Waals surface area contributed by atoms with Crippen molar-refractivity contribution >= 4 is 23.2 Å². The number of nitro benzene ring substituents is 1. The van der Waals surface area contributed by atoms with Gasteiger partial charge in [-0.2, -0.15) is 0 Å². The van der Waals surface area contributed by atoms with Crippen LogP contribution >= 0.6 is 0 Å². The highest BCUT2D eigenvalue weighted by molar-refractivity contribution is 6.43. The molecule has 0 bridgehead atoms. The van der Waals surface area contributed by atoms with E-state index in [1.807, 2.05) is 0 Å². The molecular weight excluding hydrogens is 242 g/mol. The quantitative estimate of drug-likeness (QED) is 0.209. The number of carbonyl (C=O) groups excluding carboxylic acids is 2. The van der Waals surface area contributed by atoms with Crippen LogP contribution in [0.15, 0.2) is 29.8 Å². The smallest absolute Gasteiger partial charge is 0.379 e. The lowest BCUT2D eigenvalue weighted by molar-refractivity contribution is -0.384. The average molecular weight is 249 g/mol. The van der Waals surface area contributed by atoms with E-state index in [4.69, 9.17) is 0 Å². The van der Waals surface area contributed by atoms with Crippen LogP contribution in [0.5, 0.6) is 0 Å². The van der Waals surface area contributed by atoms with Gasteiger partial charge in [-0.25, -0.2) is 4.79 Å². The van der Waals surface area contributed by atoms with Crippen LogP contribution in [0.25, 0.3) is 5.76 Å². The number of aliphatic hydroxyl groups is 1. The number of rotatable bonds is 2. The summed E-state index contributed by atoms with van der Waals surface area (Å²) in [6, 6.07) is 5.12. The van der Waals surface area contributed by atoms with E-state index in [1.54, 1.807) is 0 Å². The third-order valence-corrected chi connectivity index (χ3v) is 2.42. The zero-order valence-electron chi connectivity index (χ0n) is 8.95. The van der Waals surface area contributed by atoms with E-state index in [1.165, 1.54) is 18.2 Å². The number of aliphatic hydroxyl groups excluding tert-OH is 1. The number of ether oxygens (including phenoxy) is 1.